The monoisotopic (exact) mass is 273 g/mol. The number of benzene rings is 1. The molecule has 0 saturated carbocycles. The molecule has 1 aromatic rings. The molecule has 0 aliphatic carbocycles. The fourth-order valence-electron chi connectivity index (χ4n) is 1.73. The van der Waals surface area contributed by atoms with Gasteiger partial charge in [0.25, 0.3) is 6.43 Å². The normalized spacial score (nSPS) is 21.6. The van der Waals surface area contributed by atoms with Crippen molar-refractivity contribution in [1.29, 1.82) is 0 Å². The average molecular weight is 273 g/mol. The summed E-state index contributed by atoms with van der Waals surface area (Å²) in [4.78, 5) is 0. The first-order valence-corrected chi connectivity index (χ1v) is 7.19. The third kappa shape index (κ3) is 3.36. The van der Waals surface area contributed by atoms with Crippen LogP contribution >= 0.6 is 0 Å². The summed E-state index contributed by atoms with van der Waals surface area (Å²) in [5.74, 6) is 0.0577. The Kier molecular flexibility index (Phi) is 3.77. The number of alkyl halides is 2. The SMILES string of the molecule is O=S1(=O)C=CC(NCc2ccc(C(F)F)cc2)C1. The van der Waals surface area contributed by atoms with Gasteiger partial charge in [0.15, 0.2) is 9.84 Å². The minimum atomic E-state index is -3.06. The zero-order valence-electron chi connectivity index (χ0n) is 9.51. The Morgan fingerprint density at radius 2 is 1.94 bits per heavy atom. The van der Waals surface area contributed by atoms with E-state index in [1.165, 1.54) is 17.5 Å². The van der Waals surface area contributed by atoms with Gasteiger partial charge in [0.05, 0.1) is 5.75 Å². The molecule has 1 aliphatic rings. The number of halogens is 2. The lowest BCUT2D eigenvalue weighted by molar-refractivity contribution is 0.151. The molecule has 0 fully saturated rings. The van der Waals surface area contributed by atoms with Crippen LogP contribution in [0.1, 0.15) is 17.6 Å². The van der Waals surface area contributed by atoms with Crippen molar-refractivity contribution in [3.63, 3.8) is 0 Å². The van der Waals surface area contributed by atoms with Crippen LogP contribution in [0.5, 0.6) is 0 Å². The molecule has 3 nitrogen and oxygen atoms in total. The van der Waals surface area contributed by atoms with Gasteiger partial charge in [0.1, 0.15) is 0 Å². The Hall–Kier alpha value is -1.27. The van der Waals surface area contributed by atoms with Crippen molar-refractivity contribution in [3.05, 3.63) is 46.9 Å². The van der Waals surface area contributed by atoms with Gasteiger partial charge in [-0.15, -0.1) is 0 Å². The van der Waals surface area contributed by atoms with E-state index in [1.807, 2.05) is 0 Å². The van der Waals surface area contributed by atoms with Crippen molar-refractivity contribution in [3.8, 4) is 0 Å². The smallest absolute Gasteiger partial charge is 0.263 e. The van der Waals surface area contributed by atoms with E-state index in [0.717, 1.165) is 5.56 Å². The van der Waals surface area contributed by atoms with Gasteiger partial charge in [-0.25, -0.2) is 17.2 Å². The molecule has 1 unspecified atom stereocenters. The molecular formula is C12H13F2NO2S. The molecule has 0 saturated heterocycles. The van der Waals surface area contributed by atoms with E-state index in [-0.39, 0.29) is 17.4 Å². The lowest BCUT2D eigenvalue weighted by atomic mass is 10.1. The van der Waals surface area contributed by atoms with Crippen LogP contribution in [0.2, 0.25) is 0 Å². The van der Waals surface area contributed by atoms with E-state index < -0.39 is 16.3 Å². The maximum atomic E-state index is 12.3. The molecular weight excluding hydrogens is 260 g/mol. The highest BCUT2D eigenvalue weighted by molar-refractivity contribution is 7.94. The van der Waals surface area contributed by atoms with E-state index in [4.69, 9.17) is 0 Å². The van der Waals surface area contributed by atoms with Crippen LogP contribution in [0.15, 0.2) is 35.7 Å². The molecule has 0 bridgehead atoms. The first-order chi connectivity index (χ1) is 8.46. The number of rotatable bonds is 4. The quantitative estimate of drug-likeness (QED) is 0.913. The largest absolute Gasteiger partial charge is 0.305 e. The molecule has 1 aromatic carbocycles. The minimum Gasteiger partial charge on any atom is -0.305 e. The number of hydrogen-bond acceptors (Lipinski definition) is 3. The molecule has 0 radical (unpaired) electrons. The summed E-state index contributed by atoms with van der Waals surface area (Å²) >= 11 is 0. The van der Waals surface area contributed by atoms with Gasteiger partial charge in [0, 0.05) is 23.6 Å². The third-order valence-corrected chi connectivity index (χ3v) is 4.13. The molecule has 6 heteroatoms. The van der Waals surface area contributed by atoms with Crippen molar-refractivity contribution in [1.82, 2.24) is 5.32 Å². The summed E-state index contributed by atoms with van der Waals surface area (Å²) in [6, 6.07) is 5.78. The standard InChI is InChI=1S/C12H13F2NO2S/c13-12(14)10-3-1-9(2-4-10)7-15-11-5-6-18(16,17)8-11/h1-6,11-12,15H,7-8H2. The second-order valence-electron chi connectivity index (χ2n) is 4.19. The van der Waals surface area contributed by atoms with Crippen LogP contribution in [0.4, 0.5) is 8.78 Å². The van der Waals surface area contributed by atoms with Crippen molar-refractivity contribution >= 4 is 9.84 Å². The zero-order valence-corrected chi connectivity index (χ0v) is 10.3. The van der Waals surface area contributed by atoms with Crippen LogP contribution in [0.3, 0.4) is 0 Å². The second kappa shape index (κ2) is 5.16. The molecule has 1 atom stereocenters. The van der Waals surface area contributed by atoms with Crippen molar-refractivity contribution < 1.29 is 17.2 Å². The fourth-order valence-corrected chi connectivity index (χ4v) is 3.00. The first-order valence-electron chi connectivity index (χ1n) is 5.47. The lowest BCUT2D eigenvalue weighted by Gasteiger charge is -2.10. The summed E-state index contributed by atoms with van der Waals surface area (Å²) in [5.41, 5.74) is 0.833. The molecule has 2 rings (SSSR count). The average Bonchev–Trinajstić information content (AvgIpc) is 2.67. The van der Waals surface area contributed by atoms with Crippen LogP contribution in [0.25, 0.3) is 0 Å². The van der Waals surface area contributed by atoms with E-state index in [2.05, 4.69) is 5.32 Å². The van der Waals surface area contributed by atoms with Gasteiger partial charge >= 0.3 is 0 Å². The fraction of sp³-hybridized carbons (Fsp3) is 0.333. The summed E-state index contributed by atoms with van der Waals surface area (Å²) in [6.45, 7) is 0.452. The maximum Gasteiger partial charge on any atom is 0.263 e. The van der Waals surface area contributed by atoms with Gasteiger partial charge in [-0.1, -0.05) is 30.3 Å². The molecule has 1 heterocycles. The van der Waals surface area contributed by atoms with Gasteiger partial charge in [-0.05, 0) is 5.56 Å². The third-order valence-electron chi connectivity index (χ3n) is 2.73. The van der Waals surface area contributed by atoms with Crippen molar-refractivity contribution in [2.45, 2.75) is 19.0 Å². The van der Waals surface area contributed by atoms with Crippen molar-refractivity contribution in [2.75, 3.05) is 5.75 Å². The maximum absolute atomic E-state index is 12.3. The molecule has 0 aromatic heterocycles. The van der Waals surface area contributed by atoms with Crippen LogP contribution in [0, 0.1) is 0 Å². The predicted octanol–water partition coefficient (Wildman–Crippen LogP) is 2.02. The molecule has 1 aliphatic heterocycles. The van der Waals surface area contributed by atoms with Gasteiger partial charge in [0.2, 0.25) is 0 Å². The predicted molar refractivity (Wildman–Crippen MR) is 65.0 cm³/mol. The number of sulfone groups is 1. The first kappa shape index (κ1) is 13.2. The van der Waals surface area contributed by atoms with Gasteiger partial charge in [-0.2, -0.15) is 0 Å². The second-order valence-corrected chi connectivity index (χ2v) is 6.12. The van der Waals surface area contributed by atoms with Crippen LogP contribution in [-0.2, 0) is 16.4 Å². The highest BCUT2D eigenvalue weighted by Gasteiger charge is 2.20. The highest BCUT2D eigenvalue weighted by Crippen LogP contribution is 2.18. The number of nitrogens with one attached hydrogen (secondary N) is 1. The lowest BCUT2D eigenvalue weighted by Crippen LogP contribution is -2.29. The summed E-state index contributed by atoms with van der Waals surface area (Å²) in [5, 5.41) is 4.25. The van der Waals surface area contributed by atoms with Crippen LogP contribution < -0.4 is 5.32 Å². The summed E-state index contributed by atoms with van der Waals surface area (Å²) in [7, 11) is -3.06. The molecule has 0 spiro atoms. The van der Waals surface area contributed by atoms with E-state index >= 15 is 0 Å². The van der Waals surface area contributed by atoms with E-state index in [9.17, 15) is 17.2 Å². The molecule has 0 amide bonds. The Balaban J connectivity index is 1.90. The summed E-state index contributed by atoms with van der Waals surface area (Å²) < 4.78 is 47.0. The van der Waals surface area contributed by atoms with E-state index in [0.29, 0.717) is 6.54 Å². The highest BCUT2D eigenvalue weighted by atomic mass is 32.2. The Morgan fingerprint density at radius 1 is 1.28 bits per heavy atom. The molecule has 18 heavy (non-hydrogen) atoms. The van der Waals surface area contributed by atoms with Gasteiger partial charge in [-0.3, -0.25) is 0 Å². The van der Waals surface area contributed by atoms with E-state index in [1.54, 1.807) is 18.2 Å². The van der Waals surface area contributed by atoms with Crippen molar-refractivity contribution in [2.24, 2.45) is 0 Å². The molecule has 1 N–H and O–H groups in total. The van der Waals surface area contributed by atoms with Gasteiger partial charge < -0.3 is 5.32 Å². The zero-order chi connectivity index (χ0) is 13.2. The summed E-state index contributed by atoms with van der Waals surface area (Å²) in [6.07, 6.45) is -0.863. The minimum absolute atomic E-state index is 0.0120. The Morgan fingerprint density at radius 3 is 2.44 bits per heavy atom. The topological polar surface area (TPSA) is 46.2 Å². The molecule has 98 valence electrons. The van der Waals surface area contributed by atoms with Crippen LogP contribution in [-0.4, -0.2) is 20.2 Å². The Bertz CT molecular complexity index is 538. The number of hydrogen-bond donors (Lipinski definition) is 1. The Labute approximate surface area is 104 Å².